The van der Waals surface area contributed by atoms with Gasteiger partial charge >= 0.3 is 0 Å². The Morgan fingerprint density at radius 2 is 2.19 bits per heavy atom. The Balaban J connectivity index is 1.38. The van der Waals surface area contributed by atoms with Crippen molar-refractivity contribution in [2.45, 2.75) is 51.0 Å². The quantitative estimate of drug-likeness (QED) is 0.864. The van der Waals surface area contributed by atoms with Gasteiger partial charge in [-0.05, 0) is 31.9 Å². The number of rotatable bonds is 5. The van der Waals surface area contributed by atoms with Gasteiger partial charge in [0.15, 0.2) is 5.69 Å². The van der Waals surface area contributed by atoms with Crippen molar-refractivity contribution < 1.29 is 9.53 Å². The number of carbonyl (C=O) groups is 1. The van der Waals surface area contributed by atoms with Crippen LogP contribution >= 0.6 is 0 Å². The van der Waals surface area contributed by atoms with Gasteiger partial charge in [0.2, 0.25) is 0 Å². The number of H-pyrrole nitrogens is 1. The highest BCUT2D eigenvalue weighted by atomic mass is 16.5. The molecule has 2 N–H and O–H groups in total. The molecule has 4 rings (SSSR count). The number of ether oxygens (including phenoxy) is 1. The van der Waals surface area contributed by atoms with Crippen LogP contribution in [0.25, 0.3) is 0 Å². The Hall–Kier alpha value is -2.18. The van der Waals surface area contributed by atoms with Crippen LogP contribution in [0, 0.1) is 0 Å². The molecule has 138 valence electrons. The standard InChI is InChI=1S/C20H26N4O2/c1-24-11-10-16-15(12-24)19(23-22-16)20(25)21-17-8-5-9-18(17)26-13-14-6-3-2-4-7-14/h2-4,6-7,17-18H,5,8-13H2,1H3,(H,21,25)(H,22,23)/t17-,18-/m1/s1. The number of benzene rings is 1. The van der Waals surface area contributed by atoms with Gasteiger partial charge in [0.25, 0.3) is 5.91 Å². The van der Waals surface area contributed by atoms with E-state index in [4.69, 9.17) is 4.74 Å². The number of hydrogen-bond acceptors (Lipinski definition) is 4. The minimum absolute atomic E-state index is 0.0554. The molecule has 2 aromatic rings. The molecule has 26 heavy (non-hydrogen) atoms. The molecule has 1 amide bonds. The van der Waals surface area contributed by atoms with Gasteiger partial charge in [-0.15, -0.1) is 0 Å². The third-order valence-corrected chi connectivity index (χ3v) is 5.42. The second-order valence-electron chi connectivity index (χ2n) is 7.36. The molecule has 2 atom stereocenters. The molecule has 6 nitrogen and oxygen atoms in total. The van der Waals surface area contributed by atoms with Crippen molar-refractivity contribution in [3.8, 4) is 0 Å². The van der Waals surface area contributed by atoms with Crippen molar-refractivity contribution in [3.05, 3.63) is 52.8 Å². The van der Waals surface area contributed by atoms with Crippen LogP contribution in [0.2, 0.25) is 0 Å². The van der Waals surface area contributed by atoms with E-state index in [1.165, 1.54) is 0 Å². The average molecular weight is 354 g/mol. The van der Waals surface area contributed by atoms with Crippen molar-refractivity contribution in [3.63, 3.8) is 0 Å². The summed E-state index contributed by atoms with van der Waals surface area (Å²) in [6.07, 6.45) is 4.00. The van der Waals surface area contributed by atoms with E-state index in [2.05, 4.69) is 39.6 Å². The predicted octanol–water partition coefficient (Wildman–Crippen LogP) is 2.27. The molecule has 0 radical (unpaired) electrons. The first-order valence-corrected chi connectivity index (χ1v) is 9.42. The molecule has 1 aromatic heterocycles. The van der Waals surface area contributed by atoms with Gasteiger partial charge in [0.05, 0.1) is 18.8 Å². The summed E-state index contributed by atoms with van der Waals surface area (Å²) in [6.45, 7) is 2.35. The van der Waals surface area contributed by atoms with Crippen molar-refractivity contribution >= 4 is 5.91 Å². The summed E-state index contributed by atoms with van der Waals surface area (Å²) in [5, 5.41) is 10.5. The van der Waals surface area contributed by atoms with Gasteiger partial charge < -0.3 is 15.0 Å². The Labute approximate surface area is 153 Å². The number of aromatic amines is 1. The van der Waals surface area contributed by atoms with E-state index < -0.39 is 0 Å². The van der Waals surface area contributed by atoms with Crippen LogP contribution in [0.4, 0.5) is 0 Å². The molecule has 1 fully saturated rings. The highest BCUT2D eigenvalue weighted by Gasteiger charge is 2.31. The predicted molar refractivity (Wildman–Crippen MR) is 98.7 cm³/mol. The van der Waals surface area contributed by atoms with Gasteiger partial charge in [0, 0.05) is 30.8 Å². The summed E-state index contributed by atoms with van der Waals surface area (Å²) in [5.41, 5.74) is 3.83. The lowest BCUT2D eigenvalue weighted by atomic mass is 10.1. The number of carbonyl (C=O) groups excluding carboxylic acids is 1. The van der Waals surface area contributed by atoms with Crippen molar-refractivity contribution in [1.82, 2.24) is 20.4 Å². The van der Waals surface area contributed by atoms with Crippen LogP contribution in [0.1, 0.15) is 46.6 Å². The fourth-order valence-corrected chi connectivity index (χ4v) is 3.92. The van der Waals surface area contributed by atoms with Crippen LogP contribution < -0.4 is 5.32 Å². The number of nitrogens with zero attached hydrogens (tertiary/aromatic N) is 2. The number of hydrogen-bond donors (Lipinski definition) is 2. The van der Waals surface area contributed by atoms with Crippen LogP contribution in [-0.4, -0.2) is 46.7 Å². The van der Waals surface area contributed by atoms with E-state index in [-0.39, 0.29) is 18.1 Å². The maximum absolute atomic E-state index is 12.8. The molecule has 1 aromatic carbocycles. The largest absolute Gasteiger partial charge is 0.371 e. The van der Waals surface area contributed by atoms with Crippen molar-refractivity contribution in [1.29, 1.82) is 0 Å². The lowest BCUT2D eigenvalue weighted by molar-refractivity contribution is 0.0271. The van der Waals surface area contributed by atoms with E-state index in [0.717, 1.165) is 55.6 Å². The van der Waals surface area contributed by atoms with Crippen molar-refractivity contribution in [2.24, 2.45) is 0 Å². The Morgan fingerprint density at radius 3 is 3.04 bits per heavy atom. The zero-order valence-electron chi connectivity index (χ0n) is 15.2. The summed E-state index contributed by atoms with van der Waals surface area (Å²) in [4.78, 5) is 15.0. The summed E-state index contributed by atoms with van der Waals surface area (Å²) >= 11 is 0. The normalized spacial score (nSPS) is 23.0. The van der Waals surface area contributed by atoms with Gasteiger partial charge in [-0.1, -0.05) is 30.3 Å². The lowest BCUT2D eigenvalue weighted by Crippen LogP contribution is -2.41. The van der Waals surface area contributed by atoms with Crippen LogP contribution in [0.5, 0.6) is 0 Å². The number of fused-ring (bicyclic) bond motifs is 1. The van der Waals surface area contributed by atoms with Crippen LogP contribution in [0.15, 0.2) is 30.3 Å². The second kappa shape index (κ2) is 7.60. The van der Waals surface area contributed by atoms with E-state index in [9.17, 15) is 4.79 Å². The van der Waals surface area contributed by atoms with Gasteiger partial charge in [-0.2, -0.15) is 5.10 Å². The van der Waals surface area contributed by atoms with Gasteiger partial charge in [-0.25, -0.2) is 0 Å². The molecule has 2 aliphatic rings. The summed E-state index contributed by atoms with van der Waals surface area (Å²) in [5.74, 6) is -0.0852. The van der Waals surface area contributed by atoms with Crippen LogP contribution in [0.3, 0.4) is 0 Å². The van der Waals surface area contributed by atoms with E-state index in [0.29, 0.717) is 12.3 Å². The summed E-state index contributed by atoms with van der Waals surface area (Å²) in [7, 11) is 2.07. The van der Waals surface area contributed by atoms with Crippen LogP contribution in [-0.2, 0) is 24.3 Å². The number of amides is 1. The Bertz CT molecular complexity index is 758. The zero-order chi connectivity index (χ0) is 17.9. The monoisotopic (exact) mass is 354 g/mol. The molecule has 2 heterocycles. The fourth-order valence-electron chi connectivity index (χ4n) is 3.92. The SMILES string of the molecule is CN1CCc2[nH]nc(C(=O)N[C@@H]3CCC[C@H]3OCc3ccccc3)c2C1. The lowest BCUT2D eigenvalue weighted by Gasteiger charge is -2.23. The topological polar surface area (TPSA) is 70.2 Å². The maximum Gasteiger partial charge on any atom is 0.272 e. The molecule has 0 spiro atoms. The van der Waals surface area contributed by atoms with Gasteiger partial charge in [-0.3, -0.25) is 9.89 Å². The Morgan fingerprint density at radius 1 is 1.35 bits per heavy atom. The minimum Gasteiger partial charge on any atom is -0.371 e. The Kier molecular flexibility index (Phi) is 5.04. The molecule has 0 unspecified atom stereocenters. The van der Waals surface area contributed by atoms with E-state index >= 15 is 0 Å². The number of aromatic nitrogens is 2. The summed E-state index contributed by atoms with van der Waals surface area (Å²) < 4.78 is 6.10. The van der Waals surface area contributed by atoms with E-state index in [1.807, 2.05) is 18.2 Å². The maximum atomic E-state index is 12.8. The van der Waals surface area contributed by atoms with Gasteiger partial charge in [0.1, 0.15) is 0 Å². The molecule has 1 aliphatic heterocycles. The zero-order valence-corrected chi connectivity index (χ0v) is 15.2. The third kappa shape index (κ3) is 3.66. The number of nitrogens with one attached hydrogen (secondary N) is 2. The summed E-state index contributed by atoms with van der Waals surface area (Å²) in [6, 6.07) is 10.2. The second-order valence-corrected chi connectivity index (χ2v) is 7.36. The highest BCUT2D eigenvalue weighted by Crippen LogP contribution is 2.25. The van der Waals surface area contributed by atoms with Crippen molar-refractivity contribution in [2.75, 3.05) is 13.6 Å². The average Bonchev–Trinajstić information content (AvgIpc) is 3.27. The molecule has 0 bridgehead atoms. The first-order valence-electron chi connectivity index (χ1n) is 9.42. The third-order valence-electron chi connectivity index (χ3n) is 5.42. The smallest absolute Gasteiger partial charge is 0.272 e. The van der Waals surface area contributed by atoms with E-state index in [1.54, 1.807) is 0 Å². The molecule has 1 saturated carbocycles. The fraction of sp³-hybridized carbons (Fsp3) is 0.500. The molecule has 1 aliphatic carbocycles. The molecule has 0 saturated heterocycles. The number of likely N-dealkylation sites (N-methyl/N-ethyl adjacent to an activating group) is 1. The molecular formula is C20H26N4O2. The minimum atomic E-state index is -0.0852. The molecule has 6 heteroatoms. The first-order chi connectivity index (χ1) is 12.7. The first kappa shape index (κ1) is 17.2. The molecular weight excluding hydrogens is 328 g/mol. The highest BCUT2D eigenvalue weighted by molar-refractivity contribution is 5.94.